The van der Waals surface area contributed by atoms with Gasteiger partial charge in [-0.1, -0.05) is 6.07 Å². The summed E-state index contributed by atoms with van der Waals surface area (Å²) in [6.45, 7) is 5.89. The lowest BCUT2D eigenvalue weighted by Gasteiger charge is -2.11. The lowest BCUT2D eigenvalue weighted by molar-refractivity contribution is 0.387. The first-order chi connectivity index (χ1) is 13.4. The molecule has 0 aliphatic rings. The number of nitrogens with two attached hydrogens (primary N) is 1. The van der Waals surface area contributed by atoms with Gasteiger partial charge in [-0.05, 0) is 62.2 Å². The van der Waals surface area contributed by atoms with Crippen LogP contribution in [0.25, 0.3) is 28.0 Å². The number of rotatable bonds is 3. The van der Waals surface area contributed by atoms with Gasteiger partial charge in [0, 0.05) is 11.1 Å². The summed E-state index contributed by atoms with van der Waals surface area (Å²) < 4.78 is 21.9. The molecule has 0 radical (unpaired) electrons. The fraction of sp³-hybridized carbons (Fsp3) is 0.182. The molecule has 3 aromatic heterocycles. The third kappa shape index (κ3) is 2.78. The van der Waals surface area contributed by atoms with Crippen molar-refractivity contribution in [2.75, 3.05) is 12.8 Å². The van der Waals surface area contributed by atoms with Crippen molar-refractivity contribution in [1.82, 2.24) is 14.6 Å². The first-order valence-corrected chi connectivity index (χ1v) is 8.96. The van der Waals surface area contributed by atoms with Gasteiger partial charge in [-0.2, -0.15) is 5.10 Å². The van der Waals surface area contributed by atoms with E-state index in [4.69, 9.17) is 15.6 Å². The molecule has 6 heteroatoms. The summed E-state index contributed by atoms with van der Waals surface area (Å²) in [6, 6.07) is 11.0. The van der Waals surface area contributed by atoms with Gasteiger partial charge in [0.1, 0.15) is 0 Å². The van der Waals surface area contributed by atoms with Crippen molar-refractivity contribution in [2.24, 2.45) is 0 Å². The molecule has 3 heterocycles. The van der Waals surface area contributed by atoms with E-state index in [1.807, 2.05) is 39.0 Å². The van der Waals surface area contributed by atoms with E-state index in [1.165, 1.54) is 7.11 Å². The highest BCUT2D eigenvalue weighted by Gasteiger charge is 2.20. The van der Waals surface area contributed by atoms with Crippen molar-refractivity contribution in [3.63, 3.8) is 0 Å². The monoisotopic (exact) mass is 376 g/mol. The number of nitrogen functional groups attached to an aromatic ring is 1. The van der Waals surface area contributed by atoms with Gasteiger partial charge in [-0.25, -0.2) is 8.91 Å². The summed E-state index contributed by atoms with van der Waals surface area (Å²) in [4.78, 5) is 4.54. The Hall–Kier alpha value is -3.41. The van der Waals surface area contributed by atoms with E-state index in [-0.39, 0.29) is 5.75 Å². The lowest BCUT2D eigenvalue weighted by Crippen LogP contribution is -1.99. The topological polar surface area (TPSA) is 65.4 Å². The number of hydrogen-bond acceptors (Lipinski definition) is 4. The minimum atomic E-state index is -0.409. The van der Waals surface area contributed by atoms with Crippen LogP contribution in [0.4, 0.5) is 10.1 Å². The number of benzene rings is 1. The average molecular weight is 376 g/mol. The van der Waals surface area contributed by atoms with E-state index in [2.05, 4.69) is 4.98 Å². The van der Waals surface area contributed by atoms with E-state index >= 15 is 0 Å². The Morgan fingerprint density at radius 1 is 1.11 bits per heavy atom. The predicted octanol–water partition coefficient (Wildman–Crippen LogP) is 4.72. The summed E-state index contributed by atoms with van der Waals surface area (Å²) in [7, 11) is 1.46. The number of hydrogen-bond donors (Lipinski definition) is 1. The van der Waals surface area contributed by atoms with Crippen molar-refractivity contribution in [2.45, 2.75) is 20.8 Å². The quantitative estimate of drug-likeness (QED) is 0.562. The normalized spacial score (nSPS) is 11.2. The number of aromatic nitrogens is 3. The van der Waals surface area contributed by atoms with Gasteiger partial charge in [-0.3, -0.25) is 4.98 Å². The summed E-state index contributed by atoms with van der Waals surface area (Å²) in [5.41, 5.74) is 13.0. The molecular formula is C22H21FN4O. The molecule has 1 aromatic carbocycles. The minimum absolute atomic E-state index is 0.201. The Morgan fingerprint density at radius 3 is 2.61 bits per heavy atom. The number of halogens is 1. The van der Waals surface area contributed by atoms with Crippen molar-refractivity contribution in [3.05, 3.63) is 65.2 Å². The zero-order valence-corrected chi connectivity index (χ0v) is 16.2. The van der Waals surface area contributed by atoms with Crippen LogP contribution in [0.2, 0.25) is 0 Å². The first-order valence-electron chi connectivity index (χ1n) is 8.96. The number of methoxy groups -OCH3 is 1. The molecule has 0 unspecified atom stereocenters. The third-order valence-corrected chi connectivity index (χ3v) is 4.85. The molecule has 2 N–H and O–H groups in total. The van der Waals surface area contributed by atoms with Crippen LogP contribution in [-0.4, -0.2) is 21.7 Å². The number of ether oxygens (including phenoxy) is 1. The maximum Gasteiger partial charge on any atom is 0.174 e. The summed E-state index contributed by atoms with van der Waals surface area (Å²) in [5.74, 6) is -0.208. The Balaban J connectivity index is 2.05. The molecule has 0 saturated carbocycles. The molecule has 4 aromatic rings. The zero-order valence-electron chi connectivity index (χ0n) is 16.2. The predicted molar refractivity (Wildman–Crippen MR) is 109 cm³/mol. The van der Waals surface area contributed by atoms with Gasteiger partial charge in [0.05, 0.1) is 41.6 Å². The summed E-state index contributed by atoms with van der Waals surface area (Å²) in [5, 5.41) is 4.71. The number of nitrogens with zero attached hydrogens (tertiary/aromatic N) is 3. The van der Waals surface area contributed by atoms with Crippen LogP contribution in [0.1, 0.15) is 16.8 Å². The maximum absolute atomic E-state index is 15.0. The van der Waals surface area contributed by atoms with Crippen LogP contribution in [0.15, 0.2) is 42.6 Å². The number of aryl methyl sites for hydroxylation is 3. The lowest BCUT2D eigenvalue weighted by atomic mass is 10.0. The second-order valence-electron chi connectivity index (χ2n) is 6.93. The summed E-state index contributed by atoms with van der Waals surface area (Å²) >= 11 is 0. The molecule has 142 valence electrons. The minimum Gasteiger partial charge on any atom is -0.494 e. The van der Waals surface area contributed by atoms with Crippen LogP contribution < -0.4 is 10.5 Å². The zero-order chi connectivity index (χ0) is 20.0. The maximum atomic E-state index is 15.0. The van der Waals surface area contributed by atoms with E-state index in [0.717, 1.165) is 33.6 Å². The number of anilines is 1. The van der Waals surface area contributed by atoms with Gasteiger partial charge < -0.3 is 10.5 Å². The van der Waals surface area contributed by atoms with Crippen molar-refractivity contribution in [3.8, 4) is 28.3 Å². The molecule has 0 amide bonds. The van der Waals surface area contributed by atoms with E-state index < -0.39 is 5.82 Å². The SMILES string of the molecule is COc1cccc(-c2cc(C)cc3c(-c4ncc(N)cc4C)c(C)nn23)c1F. The Kier molecular flexibility index (Phi) is 4.26. The molecule has 0 fully saturated rings. The molecule has 0 atom stereocenters. The smallest absolute Gasteiger partial charge is 0.174 e. The highest BCUT2D eigenvalue weighted by Crippen LogP contribution is 2.35. The fourth-order valence-corrected chi connectivity index (χ4v) is 3.61. The highest BCUT2D eigenvalue weighted by atomic mass is 19.1. The Labute approximate surface area is 162 Å². The second-order valence-corrected chi connectivity index (χ2v) is 6.93. The Bertz CT molecular complexity index is 1210. The van der Waals surface area contributed by atoms with Gasteiger partial charge in [0.2, 0.25) is 0 Å². The molecule has 28 heavy (non-hydrogen) atoms. The largest absolute Gasteiger partial charge is 0.494 e. The number of fused-ring (bicyclic) bond motifs is 1. The van der Waals surface area contributed by atoms with E-state index in [1.54, 1.807) is 28.9 Å². The van der Waals surface area contributed by atoms with Crippen LogP contribution in [-0.2, 0) is 0 Å². The highest BCUT2D eigenvalue weighted by molar-refractivity contribution is 5.85. The first kappa shape index (κ1) is 18.0. The standard InChI is InChI=1S/C22H21FN4O/c1-12-8-17(16-6-5-7-19(28-4)21(16)23)27-18(9-12)20(14(3)26-27)22-13(2)10-15(24)11-25-22/h5-11H,24H2,1-4H3. The van der Waals surface area contributed by atoms with Crippen molar-refractivity contribution in [1.29, 1.82) is 0 Å². The van der Waals surface area contributed by atoms with Crippen LogP contribution in [0, 0.1) is 26.6 Å². The van der Waals surface area contributed by atoms with Crippen molar-refractivity contribution >= 4 is 11.2 Å². The average Bonchev–Trinajstić information content (AvgIpc) is 2.97. The molecule has 4 rings (SSSR count). The van der Waals surface area contributed by atoms with Gasteiger partial charge >= 0.3 is 0 Å². The van der Waals surface area contributed by atoms with Gasteiger partial charge in [0.25, 0.3) is 0 Å². The fourth-order valence-electron chi connectivity index (χ4n) is 3.61. The molecule has 0 aliphatic carbocycles. The molecule has 0 aliphatic heterocycles. The van der Waals surface area contributed by atoms with Crippen LogP contribution in [0.3, 0.4) is 0 Å². The van der Waals surface area contributed by atoms with Crippen LogP contribution in [0.5, 0.6) is 5.75 Å². The van der Waals surface area contributed by atoms with Gasteiger partial charge in [-0.15, -0.1) is 0 Å². The molecule has 0 bridgehead atoms. The molecular weight excluding hydrogens is 355 g/mol. The van der Waals surface area contributed by atoms with Crippen molar-refractivity contribution < 1.29 is 9.13 Å². The summed E-state index contributed by atoms with van der Waals surface area (Å²) in [6.07, 6.45) is 1.64. The second kappa shape index (κ2) is 6.64. The molecule has 5 nitrogen and oxygen atoms in total. The molecule has 0 saturated heterocycles. The van der Waals surface area contributed by atoms with Gasteiger partial charge in [0.15, 0.2) is 11.6 Å². The molecule has 0 spiro atoms. The number of pyridine rings is 2. The van der Waals surface area contributed by atoms with Crippen LogP contribution >= 0.6 is 0 Å². The third-order valence-electron chi connectivity index (χ3n) is 4.85. The van der Waals surface area contributed by atoms with E-state index in [9.17, 15) is 4.39 Å². The van der Waals surface area contributed by atoms with E-state index in [0.29, 0.717) is 16.9 Å². The Morgan fingerprint density at radius 2 is 1.89 bits per heavy atom.